The highest BCUT2D eigenvalue weighted by Gasteiger charge is 2.24. The Labute approximate surface area is 127 Å². The highest BCUT2D eigenvalue weighted by Crippen LogP contribution is 2.25. The van der Waals surface area contributed by atoms with Gasteiger partial charge in [0.05, 0.1) is 6.10 Å². The number of rotatable bonds is 8. The molecule has 1 aliphatic rings. The van der Waals surface area contributed by atoms with Crippen molar-refractivity contribution < 1.29 is 4.74 Å². The van der Waals surface area contributed by atoms with Crippen LogP contribution in [0.2, 0.25) is 0 Å². The van der Waals surface area contributed by atoms with Gasteiger partial charge in [0.1, 0.15) is 17.5 Å². The molecule has 2 atom stereocenters. The average Bonchev–Trinajstić information content (AvgIpc) is 2.93. The molecule has 1 aliphatic carbocycles. The topological polar surface area (TPSA) is 59.1 Å². The third-order valence-corrected chi connectivity index (χ3v) is 3.87. The second-order valence-electron chi connectivity index (χ2n) is 5.74. The van der Waals surface area contributed by atoms with E-state index >= 15 is 0 Å². The van der Waals surface area contributed by atoms with Gasteiger partial charge in [0.25, 0.3) is 0 Å². The van der Waals surface area contributed by atoms with Crippen molar-refractivity contribution in [2.24, 2.45) is 0 Å². The first-order valence-corrected chi connectivity index (χ1v) is 8.16. The first-order chi connectivity index (χ1) is 10.2. The van der Waals surface area contributed by atoms with Crippen LogP contribution in [0.1, 0.15) is 51.8 Å². The largest absolute Gasteiger partial charge is 0.381 e. The van der Waals surface area contributed by atoms with Crippen molar-refractivity contribution in [3.05, 3.63) is 11.9 Å². The number of ether oxygens (including phenoxy) is 1. The van der Waals surface area contributed by atoms with E-state index in [9.17, 15) is 0 Å². The molecule has 0 amide bonds. The second kappa shape index (κ2) is 8.17. The molecule has 0 bridgehead atoms. The minimum atomic E-state index is 0.386. The number of methoxy groups -OCH3 is 1. The number of anilines is 2. The van der Waals surface area contributed by atoms with E-state index in [-0.39, 0.29) is 0 Å². The van der Waals surface area contributed by atoms with Gasteiger partial charge in [-0.2, -0.15) is 0 Å². The summed E-state index contributed by atoms with van der Waals surface area (Å²) in [6.45, 7) is 5.25. The van der Waals surface area contributed by atoms with Crippen LogP contribution in [0, 0.1) is 0 Å². The molecule has 0 radical (unpaired) electrons. The van der Waals surface area contributed by atoms with Crippen LogP contribution < -0.4 is 10.6 Å². The van der Waals surface area contributed by atoms with Crippen molar-refractivity contribution in [3.8, 4) is 0 Å². The molecule has 0 aromatic carbocycles. The molecule has 2 N–H and O–H groups in total. The third-order valence-electron chi connectivity index (χ3n) is 3.87. The van der Waals surface area contributed by atoms with Crippen molar-refractivity contribution in [1.29, 1.82) is 0 Å². The molecule has 1 fully saturated rings. The lowest BCUT2D eigenvalue weighted by molar-refractivity contribution is 0.108. The number of aromatic nitrogens is 2. The van der Waals surface area contributed by atoms with Gasteiger partial charge in [0.2, 0.25) is 0 Å². The van der Waals surface area contributed by atoms with E-state index < -0.39 is 0 Å². The lowest BCUT2D eigenvalue weighted by Crippen LogP contribution is -2.19. The maximum atomic E-state index is 5.43. The summed E-state index contributed by atoms with van der Waals surface area (Å²) in [7, 11) is 1.80. The summed E-state index contributed by atoms with van der Waals surface area (Å²) in [5.74, 6) is 2.79. The SMILES string of the molecule is CCCNc1cc(NC2CCC(OC)C2)nc(CCC)n1. The first kappa shape index (κ1) is 16.0. The fourth-order valence-electron chi connectivity index (χ4n) is 2.74. The van der Waals surface area contributed by atoms with Crippen molar-refractivity contribution in [2.45, 2.75) is 64.5 Å². The van der Waals surface area contributed by atoms with Gasteiger partial charge >= 0.3 is 0 Å². The minimum absolute atomic E-state index is 0.386. The molecular formula is C16H28N4O. The van der Waals surface area contributed by atoms with Crippen LogP contribution >= 0.6 is 0 Å². The average molecular weight is 292 g/mol. The lowest BCUT2D eigenvalue weighted by atomic mass is 10.2. The highest BCUT2D eigenvalue weighted by molar-refractivity contribution is 5.48. The molecule has 2 unspecified atom stereocenters. The Balaban J connectivity index is 2.04. The number of hydrogen-bond acceptors (Lipinski definition) is 5. The quantitative estimate of drug-likeness (QED) is 0.770. The summed E-state index contributed by atoms with van der Waals surface area (Å²) in [5.41, 5.74) is 0. The number of aryl methyl sites for hydroxylation is 1. The van der Waals surface area contributed by atoms with E-state index in [4.69, 9.17) is 4.74 Å². The Morgan fingerprint density at radius 3 is 2.67 bits per heavy atom. The van der Waals surface area contributed by atoms with Gasteiger partial charge in [0.15, 0.2) is 0 Å². The predicted molar refractivity (Wildman–Crippen MR) is 86.9 cm³/mol. The molecule has 1 aromatic rings. The third kappa shape index (κ3) is 4.84. The fourth-order valence-corrected chi connectivity index (χ4v) is 2.74. The van der Waals surface area contributed by atoms with Crippen molar-refractivity contribution >= 4 is 11.6 Å². The molecule has 5 heteroatoms. The summed E-state index contributed by atoms with van der Waals surface area (Å²) in [6, 6.07) is 2.48. The van der Waals surface area contributed by atoms with Gasteiger partial charge in [-0.3, -0.25) is 0 Å². The van der Waals surface area contributed by atoms with Gasteiger partial charge in [0, 0.05) is 32.2 Å². The molecule has 0 saturated heterocycles. The molecule has 2 rings (SSSR count). The summed E-state index contributed by atoms with van der Waals surface area (Å²) < 4.78 is 5.43. The van der Waals surface area contributed by atoms with Crippen LogP contribution in [0.3, 0.4) is 0 Å². The van der Waals surface area contributed by atoms with E-state index in [0.717, 1.165) is 62.5 Å². The number of nitrogens with zero attached hydrogens (tertiary/aromatic N) is 2. The lowest BCUT2D eigenvalue weighted by Gasteiger charge is -2.15. The molecule has 118 valence electrons. The predicted octanol–water partition coefficient (Wildman–Crippen LogP) is 3.23. The van der Waals surface area contributed by atoms with Crippen LogP contribution in [0.15, 0.2) is 6.07 Å². The van der Waals surface area contributed by atoms with Gasteiger partial charge in [-0.05, 0) is 32.1 Å². The number of nitrogens with one attached hydrogen (secondary N) is 2. The minimum Gasteiger partial charge on any atom is -0.381 e. The summed E-state index contributed by atoms with van der Waals surface area (Å²) in [6.07, 6.45) is 6.78. The molecule has 1 aromatic heterocycles. The normalized spacial score (nSPS) is 21.5. The maximum Gasteiger partial charge on any atom is 0.133 e. The smallest absolute Gasteiger partial charge is 0.133 e. The van der Waals surface area contributed by atoms with E-state index in [1.807, 2.05) is 6.07 Å². The van der Waals surface area contributed by atoms with Crippen molar-refractivity contribution in [2.75, 3.05) is 24.3 Å². The molecular weight excluding hydrogens is 264 g/mol. The van der Waals surface area contributed by atoms with Crippen LogP contribution in [0.25, 0.3) is 0 Å². The van der Waals surface area contributed by atoms with E-state index in [0.29, 0.717) is 12.1 Å². The standard InChI is InChI=1S/C16H28N4O/c1-4-6-14-19-15(17-9-5-2)11-16(20-14)18-12-7-8-13(10-12)21-3/h11-13H,4-10H2,1-3H3,(H2,17,18,19,20). The summed E-state index contributed by atoms with van der Waals surface area (Å²) in [4.78, 5) is 9.22. The van der Waals surface area contributed by atoms with Gasteiger partial charge in [-0.15, -0.1) is 0 Å². The van der Waals surface area contributed by atoms with E-state index in [1.54, 1.807) is 7.11 Å². The zero-order chi connectivity index (χ0) is 15.1. The van der Waals surface area contributed by atoms with E-state index in [1.165, 1.54) is 0 Å². The second-order valence-corrected chi connectivity index (χ2v) is 5.74. The van der Waals surface area contributed by atoms with Crippen molar-refractivity contribution in [1.82, 2.24) is 9.97 Å². The molecule has 21 heavy (non-hydrogen) atoms. The zero-order valence-electron chi connectivity index (χ0n) is 13.5. The highest BCUT2D eigenvalue weighted by atomic mass is 16.5. The molecule has 0 spiro atoms. The number of hydrogen-bond donors (Lipinski definition) is 2. The fraction of sp³-hybridized carbons (Fsp3) is 0.750. The summed E-state index contributed by atoms with van der Waals surface area (Å²) >= 11 is 0. The van der Waals surface area contributed by atoms with Gasteiger partial charge in [-0.25, -0.2) is 9.97 Å². The van der Waals surface area contributed by atoms with Gasteiger partial charge < -0.3 is 15.4 Å². The van der Waals surface area contributed by atoms with Crippen molar-refractivity contribution in [3.63, 3.8) is 0 Å². The van der Waals surface area contributed by atoms with Crippen LogP contribution in [-0.2, 0) is 11.2 Å². The van der Waals surface area contributed by atoms with Crippen LogP contribution in [0.5, 0.6) is 0 Å². The van der Waals surface area contributed by atoms with Crippen LogP contribution in [0.4, 0.5) is 11.6 Å². The van der Waals surface area contributed by atoms with Gasteiger partial charge in [-0.1, -0.05) is 13.8 Å². The Kier molecular flexibility index (Phi) is 6.23. The molecule has 1 heterocycles. The molecule has 0 aliphatic heterocycles. The Hall–Kier alpha value is -1.36. The van der Waals surface area contributed by atoms with E-state index in [2.05, 4.69) is 34.4 Å². The monoisotopic (exact) mass is 292 g/mol. The molecule has 1 saturated carbocycles. The first-order valence-electron chi connectivity index (χ1n) is 8.16. The maximum absolute atomic E-state index is 5.43. The summed E-state index contributed by atoms with van der Waals surface area (Å²) in [5, 5.41) is 6.91. The Bertz CT molecular complexity index is 438. The zero-order valence-corrected chi connectivity index (χ0v) is 13.5. The van der Waals surface area contributed by atoms with Crippen LogP contribution in [-0.4, -0.2) is 35.8 Å². The molecule has 5 nitrogen and oxygen atoms in total. The Morgan fingerprint density at radius 2 is 2.00 bits per heavy atom. The Morgan fingerprint density at radius 1 is 1.19 bits per heavy atom.